The first-order chi connectivity index (χ1) is 12.9. The summed E-state index contributed by atoms with van der Waals surface area (Å²) >= 11 is 0. The Morgan fingerprint density at radius 2 is 1.22 bits per heavy atom. The van der Waals surface area contributed by atoms with E-state index in [1.54, 1.807) is 24.3 Å². The monoisotopic (exact) mass is 368 g/mol. The highest BCUT2D eigenvalue weighted by Gasteiger charge is 2.06. The van der Waals surface area contributed by atoms with Crippen molar-refractivity contribution in [3.05, 3.63) is 59.7 Å². The maximum absolute atomic E-state index is 11.9. The zero-order valence-electron chi connectivity index (χ0n) is 15.0. The lowest BCUT2D eigenvalue weighted by molar-refractivity contribution is -0.121. The van der Waals surface area contributed by atoms with Crippen molar-refractivity contribution >= 4 is 23.7 Å². The van der Waals surface area contributed by atoms with Gasteiger partial charge in [-0.05, 0) is 47.5 Å². The summed E-state index contributed by atoms with van der Waals surface area (Å²) in [5, 5.41) is 19.4. The number of phenols is 2. The Morgan fingerprint density at radius 1 is 0.815 bits per heavy atom. The second-order valence-electron chi connectivity index (χ2n) is 5.64. The van der Waals surface area contributed by atoms with E-state index in [1.165, 1.54) is 50.7 Å². The van der Waals surface area contributed by atoms with Crippen molar-refractivity contribution in [2.75, 3.05) is 14.2 Å². The summed E-state index contributed by atoms with van der Waals surface area (Å²) in [5.74, 6) is -0.121. The minimum Gasteiger partial charge on any atom is -0.504 e. The molecule has 0 saturated carbocycles. The fourth-order valence-electron chi connectivity index (χ4n) is 2.29. The molecule has 2 N–H and O–H groups in total. The van der Waals surface area contributed by atoms with Crippen LogP contribution in [0.15, 0.2) is 48.6 Å². The van der Waals surface area contributed by atoms with Crippen molar-refractivity contribution in [3.63, 3.8) is 0 Å². The minimum atomic E-state index is -0.363. The Bertz CT molecular complexity index is 822. The van der Waals surface area contributed by atoms with Crippen LogP contribution in [0.25, 0.3) is 12.2 Å². The third-order valence-electron chi connectivity index (χ3n) is 3.68. The quantitative estimate of drug-likeness (QED) is 0.548. The molecule has 0 bridgehead atoms. The van der Waals surface area contributed by atoms with Gasteiger partial charge in [0, 0.05) is 0 Å². The number of ether oxygens (including phenoxy) is 2. The SMILES string of the molecule is COc1ccc(C=CC(=O)CC(=O)C=Cc2ccc(OC)c(O)c2)cc1O. The smallest absolute Gasteiger partial charge is 0.163 e. The lowest BCUT2D eigenvalue weighted by Gasteiger charge is -2.03. The van der Waals surface area contributed by atoms with Crippen LogP contribution >= 0.6 is 0 Å². The lowest BCUT2D eigenvalue weighted by atomic mass is 10.1. The molecule has 0 amide bonds. The highest BCUT2D eigenvalue weighted by atomic mass is 16.5. The summed E-state index contributed by atoms with van der Waals surface area (Å²) in [7, 11) is 2.89. The van der Waals surface area contributed by atoms with Crippen molar-refractivity contribution in [2.45, 2.75) is 6.42 Å². The maximum Gasteiger partial charge on any atom is 0.163 e. The topological polar surface area (TPSA) is 93.1 Å². The van der Waals surface area contributed by atoms with Crippen LogP contribution in [0.5, 0.6) is 23.0 Å². The van der Waals surface area contributed by atoms with E-state index >= 15 is 0 Å². The summed E-state index contributed by atoms with van der Waals surface area (Å²) in [5.41, 5.74) is 1.22. The second kappa shape index (κ2) is 9.24. The zero-order valence-corrected chi connectivity index (χ0v) is 15.0. The average molecular weight is 368 g/mol. The van der Waals surface area contributed by atoms with Crippen LogP contribution in [-0.4, -0.2) is 36.0 Å². The van der Waals surface area contributed by atoms with E-state index in [0.717, 1.165) is 0 Å². The van der Waals surface area contributed by atoms with E-state index in [9.17, 15) is 19.8 Å². The fourth-order valence-corrected chi connectivity index (χ4v) is 2.29. The van der Waals surface area contributed by atoms with Gasteiger partial charge in [0.2, 0.25) is 0 Å². The maximum atomic E-state index is 11.9. The molecule has 0 aromatic heterocycles. The Morgan fingerprint density at radius 3 is 1.56 bits per heavy atom. The molecule has 0 saturated heterocycles. The van der Waals surface area contributed by atoms with E-state index in [1.807, 2.05) is 0 Å². The molecule has 0 atom stereocenters. The molecule has 6 heteroatoms. The molecule has 27 heavy (non-hydrogen) atoms. The van der Waals surface area contributed by atoms with Crippen LogP contribution < -0.4 is 9.47 Å². The summed E-state index contributed by atoms with van der Waals surface area (Å²) < 4.78 is 9.89. The Hall–Kier alpha value is -3.54. The third kappa shape index (κ3) is 5.74. The number of aromatic hydroxyl groups is 2. The van der Waals surface area contributed by atoms with E-state index < -0.39 is 0 Å². The summed E-state index contributed by atoms with van der Waals surface area (Å²) in [6.07, 6.45) is 5.32. The van der Waals surface area contributed by atoms with Crippen molar-refractivity contribution < 1.29 is 29.3 Å². The van der Waals surface area contributed by atoms with Gasteiger partial charge in [0.15, 0.2) is 34.6 Å². The molecule has 0 aliphatic heterocycles. The molecule has 0 spiro atoms. The number of carbonyl (C=O) groups excluding carboxylic acids is 2. The first kappa shape index (κ1) is 19.8. The van der Waals surface area contributed by atoms with Crippen LogP contribution in [-0.2, 0) is 9.59 Å². The molecule has 0 aliphatic rings. The van der Waals surface area contributed by atoms with Crippen molar-refractivity contribution in [1.82, 2.24) is 0 Å². The van der Waals surface area contributed by atoms with Gasteiger partial charge in [-0.15, -0.1) is 0 Å². The number of carbonyl (C=O) groups is 2. The molecule has 0 heterocycles. The number of ketones is 2. The average Bonchev–Trinajstić information content (AvgIpc) is 2.65. The van der Waals surface area contributed by atoms with Gasteiger partial charge in [0.05, 0.1) is 20.6 Å². The predicted molar refractivity (Wildman–Crippen MR) is 102 cm³/mol. The van der Waals surface area contributed by atoms with Crippen LogP contribution in [0.1, 0.15) is 17.5 Å². The van der Waals surface area contributed by atoms with E-state index in [0.29, 0.717) is 22.6 Å². The third-order valence-corrected chi connectivity index (χ3v) is 3.68. The molecule has 2 rings (SSSR count). The molecule has 0 fully saturated rings. The van der Waals surface area contributed by atoms with Crippen molar-refractivity contribution in [2.24, 2.45) is 0 Å². The molecule has 2 aromatic rings. The summed E-state index contributed by atoms with van der Waals surface area (Å²) in [4.78, 5) is 23.8. The van der Waals surface area contributed by atoms with Gasteiger partial charge in [0.25, 0.3) is 0 Å². The van der Waals surface area contributed by atoms with Gasteiger partial charge in [-0.3, -0.25) is 9.59 Å². The number of hydrogen-bond donors (Lipinski definition) is 2. The number of methoxy groups -OCH3 is 2. The van der Waals surface area contributed by atoms with Crippen LogP contribution in [0, 0.1) is 0 Å². The Labute approximate surface area is 157 Å². The van der Waals surface area contributed by atoms with Crippen LogP contribution in [0.4, 0.5) is 0 Å². The van der Waals surface area contributed by atoms with Gasteiger partial charge in [-0.1, -0.05) is 24.3 Å². The summed E-state index contributed by atoms with van der Waals surface area (Å²) in [6, 6.07) is 9.44. The lowest BCUT2D eigenvalue weighted by Crippen LogP contribution is -2.01. The highest BCUT2D eigenvalue weighted by Crippen LogP contribution is 2.27. The van der Waals surface area contributed by atoms with Gasteiger partial charge < -0.3 is 19.7 Å². The van der Waals surface area contributed by atoms with E-state index in [2.05, 4.69) is 0 Å². The van der Waals surface area contributed by atoms with Gasteiger partial charge in [-0.2, -0.15) is 0 Å². The molecule has 0 radical (unpaired) electrons. The van der Waals surface area contributed by atoms with Gasteiger partial charge in [-0.25, -0.2) is 0 Å². The van der Waals surface area contributed by atoms with E-state index in [4.69, 9.17) is 9.47 Å². The second-order valence-corrected chi connectivity index (χ2v) is 5.64. The van der Waals surface area contributed by atoms with Crippen molar-refractivity contribution in [1.29, 1.82) is 0 Å². The fraction of sp³-hybridized carbons (Fsp3) is 0.143. The Kier molecular flexibility index (Phi) is 6.77. The molecule has 2 aromatic carbocycles. The molecular weight excluding hydrogens is 348 g/mol. The normalized spacial score (nSPS) is 11.0. The largest absolute Gasteiger partial charge is 0.504 e. The molecule has 0 aliphatic carbocycles. The number of rotatable bonds is 8. The standard InChI is InChI=1S/C21H20O6/c1-26-20-9-5-14(11-18(20)24)3-7-16(22)13-17(23)8-4-15-6-10-21(27-2)19(25)12-15/h3-12,24-25H,13H2,1-2H3. The van der Waals surface area contributed by atoms with Crippen molar-refractivity contribution in [3.8, 4) is 23.0 Å². The van der Waals surface area contributed by atoms with Gasteiger partial charge >= 0.3 is 0 Å². The van der Waals surface area contributed by atoms with Crippen LogP contribution in [0.3, 0.4) is 0 Å². The number of hydrogen-bond acceptors (Lipinski definition) is 6. The predicted octanol–water partition coefficient (Wildman–Crippen LogP) is 3.37. The first-order valence-corrected chi connectivity index (χ1v) is 8.08. The van der Waals surface area contributed by atoms with Gasteiger partial charge in [0.1, 0.15) is 0 Å². The first-order valence-electron chi connectivity index (χ1n) is 8.08. The van der Waals surface area contributed by atoms with E-state index in [-0.39, 0.29) is 29.5 Å². The Balaban J connectivity index is 1.94. The molecular formula is C21H20O6. The number of phenolic OH excluding ortho intramolecular Hbond substituents is 2. The number of allylic oxidation sites excluding steroid dienone is 2. The molecule has 140 valence electrons. The zero-order chi connectivity index (χ0) is 19.8. The number of benzene rings is 2. The van der Waals surface area contributed by atoms with Crippen LogP contribution in [0.2, 0.25) is 0 Å². The summed E-state index contributed by atoms with van der Waals surface area (Å²) in [6.45, 7) is 0. The minimum absolute atomic E-state index is 0.0335. The molecule has 6 nitrogen and oxygen atoms in total. The highest BCUT2D eigenvalue weighted by molar-refractivity contribution is 6.10. The molecule has 0 unspecified atom stereocenters.